The quantitative estimate of drug-likeness (QED) is 0.798. The van der Waals surface area contributed by atoms with E-state index in [0.29, 0.717) is 32.0 Å². The van der Waals surface area contributed by atoms with E-state index < -0.39 is 0 Å². The van der Waals surface area contributed by atoms with Gasteiger partial charge in [-0.1, -0.05) is 25.7 Å². The van der Waals surface area contributed by atoms with Crippen LogP contribution in [0.1, 0.15) is 61.9 Å². The molecule has 2 amide bonds. The van der Waals surface area contributed by atoms with Crippen LogP contribution in [-0.2, 0) is 16.6 Å². The molecule has 0 radical (unpaired) electrons. The average molecular weight is 388 g/mol. The minimum Gasteiger partial charge on any atom is -0.371 e. The maximum atomic E-state index is 12.9. The standard InChI is InChI=1S/C22H33N3O3/c1-23-12-4-7-19(23)21(27)25-15-16-28-22(17-25)10-13-24(14-11-22)20(26)9-8-18-5-2-3-6-18/h4,7,12,18H,2-3,5-6,8-11,13-17H2,1H3. The van der Waals surface area contributed by atoms with Crippen molar-refractivity contribution in [1.29, 1.82) is 0 Å². The molecule has 2 saturated heterocycles. The number of piperidine rings is 1. The summed E-state index contributed by atoms with van der Waals surface area (Å²) in [5.74, 6) is 1.14. The van der Waals surface area contributed by atoms with Gasteiger partial charge in [0, 0.05) is 39.3 Å². The van der Waals surface area contributed by atoms with E-state index in [2.05, 4.69) is 0 Å². The highest BCUT2D eigenvalue weighted by Gasteiger charge is 2.42. The second-order valence-electron chi connectivity index (χ2n) is 8.83. The number of hydrogen-bond donors (Lipinski definition) is 0. The number of rotatable bonds is 4. The van der Waals surface area contributed by atoms with Crippen LogP contribution in [0.3, 0.4) is 0 Å². The molecule has 0 aromatic carbocycles. The van der Waals surface area contributed by atoms with Crippen molar-refractivity contribution in [1.82, 2.24) is 14.4 Å². The van der Waals surface area contributed by atoms with E-state index in [9.17, 15) is 9.59 Å². The lowest BCUT2D eigenvalue weighted by Gasteiger charge is -2.47. The molecule has 0 atom stereocenters. The molecule has 0 unspecified atom stereocenters. The second kappa shape index (κ2) is 8.27. The van der Waals surface area contributed by atoms with Crippen molar-refractivity contribution in [3.8, 4) is 0 Å². The van der Waals surface area contributed by atoms with Crippen LogP contribution in [0.15, 0.2) is 18.3 Å². The maximum Gasteiger partial charge on any atom is 0.270 e. The molecule has 154 valence electrons. The zero-order valence-electron chi connectivity index (χ0n) is 17.1. The second-order valence-corrected chi connectivity index (χ2v) is 8.83. The Morgan fingerprint density at radius 2 is 1.89 bits per heavy atom. The molecule has 1 aliphatic carbocycles. The fraction of sp³-hybridized carbons (Fsp3) is 0.727. The fourth-order valence-electron chi connectivity index (χ4n) is 5.11. The van der Waals surface area contributed by atoms with Gasteiger partial charge in [-0.3, -0.25) is 9.59 Å². The van der Waals surface area contributed by atoms with E-state index in [4.69, 9.17) is 4.74 Å². The third-order valence-electron chi connectivity index (χ3n) is 6.97. The summed E-state index contributed by atoms with van der Waals surface area (Å²) in [5.41, 5.74) is 0.429. The lowest BCUT2D eigenvalue weighted by Crippen LogP contribution is -2.58. The van der Waals surface area contributed by atoms with Gasteiger partial charge in [0.05, 0.1) is 18.8 Å². The van der Waals surface area contributed by atoms with Crippen molar-refractivity contribution < 1.29 is 14.3 Å². The molecule has 1 saturated carbocycles. The van der Waals surface area contributed by atoms with E-state index in [1.807, 2.05) is 39.7 Å². The Morgan fingerprint density at radius 1 is 1.14 bits per heavy atom. The van der Waals surface area contributed by atoms with Gasteiger partial charge in [-0.25, -0.2) is 0 Å². The molecule has 3 heterocycles. The Labute approximate surface area is 167 Å². The van der Waals surface area contributed by atoms with Gasteiger partial charge in [0.1, 0.15) is 5.69 Å². The molecule has 2 aliphatic heterocycles. The van der Waals surface area contributed by atoms with Gasteiger partial charge < -0.3 is 19.1 Å². The molecular weight excluding hydrogens is 354 g/mol. The van der Waals surface area contributed by atoms with Crippen LogP contribution >= 0.6 is 0 Å². The van der Waals surface area contributed by atoms with Crippen LogP contribution in [0.4, 0.5) is 0 Å². The zero-order valence-corrected chi connectivity index (χ0v) is 17.1. The SMILES string of the molecule is Cn1cccc1C(=O)N1CCOC2(CCN(C(=O)CCC3CCCC3)CC2)C1. The highest BCUT2D eigenvalue weighted by atomic mass is 16.5. The minimum absolute atomic E-state index is 0.0743. The monoisotopic (exact) mass is 387 g/mol. The van der Waals surface area contributed by atoms with E-state index in [0.717, 1.165) is 44.0 Å². The molecule has 6 heteroatoms. The van der Waals surface area contributed by atoms with Crippen LogP contribution < -0.4 is 0 Å². The molecule has 28 heavy (non-hydrogen) atoms. The van der Waals surface area contributed by atoms with Gasteiger partial charge in [-0.15, -0.1) is 0 Å². The number of ether oxygens (including phenoxy) is 1. The normalized spacial score (nSPS) is 22.8. The van der Waals surface area contributed by atoms with Gasteiger partial charge in [0.25, 0.3) is 5.91 Å². The van der Waals surface area contributed by atoms with Gasteiger partial charge >= 0.3 is 0 Å². The first-order valence-electron chi connectivity index (χ1n) is 10.9. The van der Waals surface area contributed by atoms with Crippen molar-refractivity contribution in [2.75, 3.05) is 32.8 Å². The van der Waals surface area contributed by atoms with Gasteiger partial charge in [0.15, 0.2) is 0 Å². The molecule has 3 aliphatic rings. The summed E-state index contributed by atoms with van der Waals surface area (Å²) in [7, 11) is 1.90. The summed E-state index contributed by atoms with van der Waals surface area (Å²) in [5, 5.41) is 0. The summed E-state index contributed by atoms with van der Waals surface area (Å²) >= 11 is 0. The third kappa shape index (κ3) is 4.12. The van der Waals surface area contributed by atoms with Gasteiger partial charge in [0.2, 0.25) is 5.91 Å². The predicted octanol–water partition coefficient (Wildman–Crippen LogP) is 2.83. The van der Waals surface area contributed by atoms with E-state index in [1.165, 1.54) is 25.7 Å². The minimum atomic E-state index is -0.290. The number of carbonyl (C=O) groups is 2. The van der Waals surface area contributed by atoms with E-state index >= 15 is 0 Å². The summed E-state index contributed by atoms with van der Waals surface area (Å²) < 4.78 is 8.04. The molecule has 6 nitrogen and oxygen atoms in total. The Hall–Kier alpha value is -1.82. The topological polar surface area (TPSA) is 54.8 Å². The number of hydrogen-bond acceptors (Lipinski definition) is 3. The first kappa shape index (κ1) is 19.5. The molecular formula is C22H33N3O3. The molecule has 0 N–H and O–H groups in total. The maximum absolute atomic E-state index is 12.9. The lowest BCUT2D eigenvalue weighted by molar-refractivity contribution is -0.147. The number of aromatic nitrogens is 1. The van der Waals surface area contributed by atoms with E-state index in [1.54, 1.807) is 0 Å². The van der Waals surface area contributed by atoms with Crippen molar-refractivity contribution in [2.45, 2.75) is 57.0 Å². The van der Waals surface area contributed by atoms with Crippen LogP contribution in [0.5, 0.6) is 0 Å². The van der Waals surface area contributed by atoms with Crippen molar-refractivity contribution in [3.05, 3.63) is 24.0 Å². The number of carbonyl (C=O) groups excluding carboxylic acids is 2. The van der Waals surface area contributed by atoms with Crippen molar-refractivity contribution >= 4 is 11.8 Å². The number of amides is 2. The number of likely N-dealkylation sites (tertiary alicyclic amines) is 1. The van der Waals surface area contributed by atoms with Crippen LogP contribution in [0.25, 0.3) is 0 Å². The highest BCUT2D eigenvalue weighted by Crippen LogP contribution is 2.32. The number of nitrogens with zero attached hydrogens (tertiary/aromatic N) is 3. The Bertz CT molecular complexity index is 700. The first-order chi connectivity index (χ1) is 13.6. The first-order valence-corrected chi connectivity index (χ1v) is 10.9. The Balaban J connectivity index is 1.29. The molecule has 1 spiro atoms. The summed E-state index contributed by atoms with van der Waals surface area (Å²) in [6, 6.07) is 3.77. The summed E-state index contributed by atoms with van der Waals surface area (Å²) in [6.45, 7) is 3.33. The lowest BCUT2D eigenvalue weighted by atomic mass is 9.88. The fourth-order valence-corrected chi connectivity index (χ4v) is 5.11. The van der Waals surface area contributed by atoms with Gasteiger partial charge in [-0.2, -0.15) is 0 Å². The zero-order chi connectivity index (χ0) is 19.6. The molecule has 1 aromatic rings. The number of aryl methyl sites for hydroxylation is 1. The molecule has 0 bridgehead atoms. The number of morpholine rings is 1. The van der Waals surface area contributed by atoms with Gasteiger partial charge in [-0.05, 0) is 37.3 Å². The predicted molar refractivity (Wildman–Crippen MR) is 107 cm³/mol. The largest absolute Gasteiger partial charge is 0.371 e. The molecule has 3 fully saturated rings. The Kier molecular flexibility index (Phi) is 5.76. The molecule has 1 aromatic heterocycles. The highest BCUT2D eigenvalue weighted by molar-refractivity contribution is 5.92. The van der Waals surface area contributed by atoms with E-state index in [-0.39, 0.29) is 11.5 Å². The van der Waals surface area contributed by atoms with Crippen molar-refractivity contribution in [3.63, 3.8) is 0 Å². The third-order valence-corrected chi connectivity index (χ3v) is 6.97. The van der Waals surface area contributed by atoms with Crippen LogP contribution in [0, 0.1) is 5.92 Å². The smallest absolute Gasteiger partial charge is 0.270 e. The van der Waals surface area contributed by atoms with Crippen molar-refractivity contribution in [2.24, 2.45) is 13.0 Å². The average Bonchev–Trinajstić information content (AvgIpc) is 3.38. The van der Waals surface area contributed by atoms with Crippen LogP contribution in [0.2, 0.25) is 0 Å². The summed E-state index contributed by atoms with van der Waals surface area (Å²) in [6.07, 6.45) is 10.6. The molecule has 4 rings (SSSR count). The van der Waals surface area contributed by atoms with Crippen LogP contribution in [-0.4, -0.2) is 64.6 Å². The Morgan fingerprint density at radius 3 is 2.57 bits per heavy atom. The summed E-state index contributed by atoms with van der Waals surface area (Å²) in [4.78, 5) is 29.4.